The predicted molar refractivity (Wildman–Crippen MR) is 88.8 cm³/mol. The fourth-order valence-corrected chi connectivity index (χ4v) is 2.89. The van der Waals surface area contributed by atoms with Crippen molar-refractivity contribution in [2.45, 2.75) is 26.1 Å². The van der Waals surface area contributed by atoms with E-state index in [9.17, 15) is 4.79 Å². The number of hydrogen-bond donors (Lipinski definition) is 1. The molecule has 0 amide bonds. The topological polar surface area (TPSA) is 51.5 Å². The van der Waals surface area contributed by atoms with Gasteiger partial charge in [0, 0.05) is 22.3 Å². The summed E-state index contributed by atoms with van der Waals surface area (Å²) in [5, 5.41) is 9.15. The van der Waals surface area contributed by atoms with Gasteiger partial charge in [0.25, 0.3) is 5.56 Å². The minimum absolute atomic E-state index is 0.147. The summed E-state index contributed by atoms with van der Waals surface area (Å²) < 4.78 is 8.45. The molecule has 1 aliphatic rings. The molecule has 5 heteroatoms. The molecule has 1 aromatic heterocycles. The SMILES string of the molecule is CC1(C)C=C(n2ccc(CO)cc2=O)c2cc(Br)ccc2O1. The molecule has 1 aliphatic heterocycles. The number of fused-ring (bicyclic) bond motifs is 1. The molecule has 0 saturated carbocycles. The second-order valence-corrected chi connectivity index (χ2v) is 6.69. The Labute approximate surface area is 136 Å². The van der Waals surface area contributed by atoms with Gasteiger partial charge in [0.15, 0.2) is 0 Å². The Morgan fingerprint density at radius 3 is 2.73 bits per heavy atom. The van der Waals surface area contributed by atoms with E-state index in [2.05, 4.69) is 15.9 Å². The molecule has 0 aliphatic carbocycles. The summed E-state index contributed by atoms with van der Waals surface area (Å²) in [6, 6.07) is 8.92. The molecule has 3 rings (SSSR count). The van der Waals surface area contributed by atoms with E-state index in [0.29, 0.717) is 5.56 Å². The number of rotatable bonds is 2. The second-order valence-electron chi connectivity index (χ2n) is 5.78. The smallest absolute Gasteiger partial charge is 0.255 e. The van der Waals surface area contributed by atoms with Crippen molar-refractivity contribution in [3.05, 3.63) is 68.6 Å². The summed E-state index contributed by atoms with van der Waals surface area (Å²) in [6.45, 7) is 3.75. The first-order valence-corrected chi connectivity index (χ1v) is 7.73. The molecule has 0 unspecified atom stereocenters. The van der Waals surface area contributed by atoms with E-state index in [0.717, 1.165) is 21.5 Å². The maximum Gasteiger partial charge on any atom is 0.255 e. The normalized spacial score (nSPS) is 15.7. The monoisotopic (exact) mass is 361 g/mol. The Bertz CT molecular complexity index is 821. The summed E-state index contributed by atoms with van der Waals surface area (Å²) in [4.78, 5) is 12.4. The molecule has 0 spiro atoms. The van der Waals surface area contributed by atoms with Crippen LogP contribution in [0.2, 0.25) is 0 Å². The molecule has 0 radical (unpaired) electrons. The van der Waals surface area contributed by atoms with Crippen LogP contribution >= 0.6 is 15.9 Å². The van der Waals surface area contributed by atoms with E-state index in [1.807, 2.05) is 38.1 Å². The molecule has 114 valence electrons. The minimum atomic E-state index is -0.509. The number of ether oxygens (including phenoxy) is 1. The van der Waals surface area contributed by atoms with Gasteiger partial charge in [-0.05, 0) is 49.8 Å². The number of hydrogen-bond acceptors (Lipinski definition) is 3. The van der Waals surface area contributed by atoms with Gasteiger partial charge in [-0.2, -0.15) is 0 Å². The first kappa shape index (κ1) is 15.1. The lowest BCUT2D eigenvalue weighted by Crippen LogP contribution is -2.32. The van der Waals surface area contributed by atoms with Crippen molar-refractivity contribution in [2.24, 2.45) is 0 Å². The quantitative estimate of drug-likeness (QED) is 0.893. The second kappa shape index (κ2) is 5.41. The Balaban J connectivity index is 2.22. The van der Waals surface area contributed by atoms with Crippen LogP contribution in [0.25, 0.3) is 5.70 Å². The lowest BCUT2D eigenvalue weighted by molar-refractivity contribution is 0.157. The van der Waals surface area contributed by atoms with Crippen LogP contribution < -0.4 is 10.3 Å². The molecule has 22 heavy (non-hydrogen) atoms. The average molecular weight is 362 g/mol. The van der Waals surface area contributed by atoms with Crippen molar-refractivity contribution in [1.29, 1.82) is 0 Å². The maximum atomic E-state index is 12.4. The number of nitrogens with zero attached hydrogens (tertiary/aromatic N) is 1. The van der Waals surface area contributed by atoms with Crippen LogP contribution in [-0.2, 0) is 6.61 Å². The summed E-state index contributed by atoms with van der Waals surface area (Å²) in [5.74, 6) is 0.740. The highest BCUT2D eigenvalue weighted by Crippen LogP contribution is 2.37. The zero-order chi connectivity index (χ0) is 15.9. The van der Waals surface area contributed by atoms with Crippen molar-refractivity contribution >= 4 is 21.6 Å². The highest BCUT2D eigenvalue weighted by atomic mass is 79.9. The van der Waals surface area contributed by atoms with E-state index in [1.165, 1.54) is 6.07 Å². The Hall–Kier alpha value is -1.85. The van der Waals surface area contributed by atoms with E-state index in [-0.39, 0.29) is 12.2 Å². The van der Waals surface area contributed by atoms with Gasteiger partial charge >= 0.3 is 0 Å². The standard InChI is InChI=1S/C17H16BrNO3/c1-17(2)9-14(13-8-12(18)3-4-15(13)22-17)19-6-5-11(10-20)7-16(19)21/h3-9,20H,10H2,1-2H3. The Morgan fingerprint density at radius 1 is 1.27 bits per heavy atom. The van der Waals surface area contributed by atoms with Gasteiger partial charge in [-0.15, -0.1) is 0 Å². The zero-order valence-electron chi connectivity index (χ0n) is 12.3. The van der Waals surface area contributed by atoms with Gasteiger partial charge in [0.05, 0.1) is 12.3 Å². The summed E-state index contributed by atoms with van der Waals surface area (Å²) in [7, 11) is 0. The van der Waals surface area contributed by atoms with Crippen LogP contribution in [0.1, 0.15) is 25.0 Å². The van der Waals surface area contributed by atoms with Crippen LogP contribution in [-0.4, -0.2) is 15.3 Å². The molecule has 0 saturated heterocycles. The average Bonchev–Trinajstić information content (AvgIpc) is 2.46. The number of benzene rings is 1. The van der Waals surface area contributed by atoms with Crippen LogP contribution in [0.15, 0.2) is 51.9 Å². The molecule has 0 atom stereocenters. The van der Waals surface area contributed by atoms with Crippen molar-refractivity contribution in [1.82, 2.24) is 4.57 Å². The summed E-state index contributed by atoms with van der Waals surface area (Å²) in [6.07, 6.45) is 3.62. The van der Waals surface area contributed by atoms with E-state index in [4.69, 9.17) is 9.84 Å². The number of halogens is 1. The molecular formula is C17H16BrNO3. The fraction of sp³-hybridized carbons (Fsp3) is 0.235. The van der Waals surface area contributed by atoms with Gasteiger partial charge in [-0.25, -0.2) is 0 Å². The van der Waals surface area contributed by atoms with Crippen LogP contribution in [0.4, 0.5) is 0 Å². The van der Waals surface area contributed by atoms with E-state index < -0.39 is 5.60 Å². The van der Waals surface area contributed by atoms with Gasteiger partial charge in [-0.3, -0.25) is 9.36 Å². The van der Waals surface area contributed by atoms with E-state index >= 15 is 0 Å². The Morgan fingerprint density at radius 2 is 2.05 bits per heavy atom. The van der Waals surface area contributed by atoms with Crippen LogP contribution in [0.5, 0.6) is 5.75 Å². The van der Waals surface area contributed by atoms with Gasteiger partial charge < -0.3 is 9.84 Å². The van der Waals surface area contributed by atoms with Gasteiger partial charge in [0.2, 0.25) is 0 Å². The third kappa shape index (κ3) is 2.74. The highest BCUT2D eigenvalue weighted by Gasteiger charge is 2.27. The zero-order valence-corrected chi connectivity index (χ0v) is 13.9. The minimum Gasteiger partial charge on any atom is -0.483 e. The van der Waals surface area contributed by atoms with Crippen molar-refractivity contribution in [3.8, 4) is 5.75 Å². The number of aliphatic hydroxyl groups is 1. The number of aliphatic hydroxyl groups excluding tert-OH is 1. The summed E-state index contributed by atoms with van der Waals surface area (Å²) >= 11 is 3.46. The van der Waals surface area contributed by atoms with Gasteiger partial charge in [0.1, 0.15) is 11.4 Å². The molecule has 4 nitrogen and oxygen atoms in total. The van der Waals surface area contributed by atoms with Crippen molar-refractivity contribution < 1.29 is 9.84 Å². The number of aromatic nitrogens is 1. The third-order valence-corrected chi connectivity index (χ3v) is 3.99. The van der Waals surface area contributed by atoms with Crippen LogP contribution in [0, 0.1) is 0 Å². The van der Waals surface area contributed by atoms with Crippen molar-refractivity contribution in [3.63, 3.8) is 0 Å². The predicted octanol–water partition coefficient (Wildman–Crippen LogP) is 3.16. The number of pyridine rings is 1. The fourth-order valence-electron chi connectivity index (χ4n) is 2.53. The molecular weight excluding hydrogens is 346 g/mol. The largest absolute Gasteiger partial charge is 0.483 e. The molecule has 2 heterocycles. The summed E-state index contributed by atoms with van der Waals surface area (Å²) in [5.41, 5.74) is 1.55. The van der Waals surface area contributed by atoms with Crippen molar-refractivity contribution in [2.75, 3.05) is 0 Å². The Kier molecular flexibility index (Phi) is 3.70. The van der Waals surface area contributed by atoms with Crippen LogP contribution in [0.3, 0.4) is 0 Å². The third-order valence-electron chi connectivity index (χ3n) is 3.50. The lowest BCUT2D eigenvalue weighted by atomic mass is 9.99. The van der Waals surface area contributed by atoms with E-state index in [1.54, 1.807) is 16.8 Å². The van der Waals surface area contributed by atoms with Gasteiger partial charge in [-0.1, -0.05) is 15.9 Å². The maximum absolute atomic E-state index is 12.4. The molecule has 0 bridgehead atoms. The molecule has 0 fully saturated rings. The first-order chi connectivity index (χ1) is 10.4. The first-order valence-electron chi connectivity index (χ1n) is 6.94. The highest BCUT2D eigenvalue weighted by molar-refractivity contribution is 9.10. The lowest BCUT2D eigenvalue weighted by Gasteiger charge is -2.31. The molecule has 1 aromatic carbocycles. The molecule has 1 N–H and O–H groups in total. The molecule has 2 aromatic rings.